The fraction of sp³-hybridized carbons (Fsp3) is 0.333. The molecule has 0 spiro atoms. The Kier molecular flexibility index (Phi) is 5.51. The van der Waals surface area contributed by atoms with Crippen LogP contribution >= 0.6 is 0 Å². The van der Waals surface area contributed by atoms with Gasteiger partial charge >= 0.3 is 5.97 Å². The van der Waals surface area contributed by atoms with Gasteiger partial charge < -0.3 is 19.0 Å². The zero-order valence-corrected chi connectivity index (χ0v) is 16.5. The summed E-state index contributed by atoms with van der Waals surface area (Å²) in [4.78, 5) is 45.8. The number of piperazine rings is 1. The van der Waals surface area contributed by atoms with Crippen molar-refractivity contribution in [3.8, 4) is 0 Å². The van der Waals surface area contributed by atoms with Crippen molar-refractivity contribution in [2.45, 2.75) is 6.04 Å². The molecule has 2 aliphatic heterocycles. The lowest BCUT2D eigenvalue weighted by atomic mass is 9.91. The number of methoxy groups -OCH3 is 1. The number of ether oxygens (including phenoxy) is 1. The van der Waals surface area contributed by atoms with Crippen molar-refractivity contribution >= 4 is 23.7 Å². The molecule has 2 aliphatic rings. The largest absolute Gasteiger partial charge is 0.468 e. The molecule has 0 saturated carbocycles. The van der Waals surface area contributed by atoms with Crippen molar-refractivity contribution in [3.63, 3.8) is 0 Å². The first-order chi connectivity index (χ1) is 14.6. The molecule has 1 saturated heterocycles. The van der Waals surface area contributed by atoms with E-state index < -0.39 is 23.8 Å². The van der Waals surface area contributed by atoms with E-state index in [4.69, 9.17) is 9.15 Å². The van der Waals surface area contributed by atoms with E-state index in [1.165, 1.54) is 13.4 Å². The van der Waals surface area contributed by atoms with Crippen molar-refractivity contribution in [1.29, 1.82) is 0 Å². The Balaban J connectivity index is 1.52. The minimum absolute atomic E-state index is 0.165. The lowest BCUT2D eigenvalue weighted by Gasteiger charge is -2.38. The smallest absolute Gasteiger partial charge is 0.320 e. The summed E-state index contributed by atoms with van der Waals surface area (Å²) >= 11 is 0. The summed E-state index contributed by atoms with van der Waals surface area (Å²) in [6, 6.07) is 11.8. The second-order valence-corrected chi connectivity index (χ2v) is 7.05. The number of esters is 1. The maximum atomic E-state index is 12.8. The van der Waals surface area contributed by atoms with Gasteiger partial charge in [0.2, 0.25) is 11.9 Å². The standard InChI is InChI=1S/C21H22N4O5/c1-29-20(28)16-17(14-6-3-2-4-7-14)22-21(23-18(16)26)25-11-9-24(10-12-25)19(27)15-8-5-13-30-15/h2-8,13,16-17H,9-12H2,1H3,(H,22,23,26)/t16-,17+/m0/s1. The molecule has 1 N–H and O–H groups in total. The van der Waals surface area contributed by atoms with Gasteiger partial charge in [-0.25, -0.2) is 4.99 Å². The Labute approximate surface area is 173 Å². The van der Waals surface area contributed by atoms with Crippen molar-refractivity contribution in [2.24, 2.45) is 10.9 Å². The number of benzene rings is 1. The van der Waals surface area contributed by atoms with Gasteiger partial charge in [-0.3, -0.25) is 19.7 Å². The Bertz CT molecular complexity index is 949. The molecule has 4 rings (SSSR count). The zero-order valence-electron chi connectivity index (χ0n) is 16.5. The Morgan fingerprint density at radius 1 is 1.10 bits per heavy atom. The first kappa shape index (κ1) is 19.7. The topological polar surface area (TPSA) is 104 Å². The van der Waals surface area contributed by atoms with Gasteiger partial charge in [0.25, 0.3) is 5.91 Å². The molecule has 30 heavy (non-hydrogen) atoms. The first-order valence-corrected chi connectivity index (χ1v) is 9.67. The highest BCUT2D eigenvalue weighted by molar-refractivity contribution is 6.08. The Morgan fingerprint density at radius 3 is 2.47 bits per heavy atom. The van der Waals surface area contributed by atoms with Crippen LogP contribution in [0.15, 0.2) is 58.1 Å². The molecule has 2 atom stereocenters. The number of carbonyl (C=O) groups excluding carboxylic acids is 3. The monoisotopic (exact) mass is 410 g/mol. The van der Waals surface area contributed by atoms with Gasteiger partial charge in [-0.05, 0) is 17.7 Å². The van der Waals surface area contributed by atoms with Gasteiger partial charge in [-0.2, -0.15) is 0 Å². The minimum atomic E-state index is -1.05. The van der Waals surface area contributed by atoms with Crippen LogP contribution in [0.25, 0.3) is 0 Å². The number of furan rings is 1. The molecule has 2 aromatic rings. The molecule has 9 nitrogen and oxygen atoms in total. The third-order valence-electron chi connectivity index (χ3n) is 5.29. The fourth-order valence-electron chi connectivity index (χ4n) is 3.69. The fourth-order valence-corrected chi connectivity index (χ4v) is 3.69. The van der Waals surface area contributed by atoms with E-state index in [0.29, 0.717) is 37.9 Å². The predicted molar refractivity (Wildman–Crippen MR) is 106 cm³/mol. The van der Waals surface area contributed by atoms with Crippen LogP contribution in [-0.2, 0) is 14.3 Å². The highest BCUT2D eigenvalue weighted by Crippen LogP contribution is 2.30. The maximum absolute atomic E-state index is 12.8. The van der Waals surface area contributed by atoms with E-state index in [1.807, 2.05) is 35.2 Å². The molecular weight excluding hydrogens is 388 g/mol. The van der Waals surface area contributed by atoms with E-state index >= 15 is 0 Å². The average Bonchev–Trinajstić information content (AvgIpc) is 3.33. The lowest BCUT2D eigenvalue weighted by Crippen LogP contribution is -2.58. The van der Waals surface area contributed by atoms with Crippen molar-refractivity contribution in [1.82, 2.24) is 15.1 Å². The summed E-state index contributed by atoms with van der Waals surface area (Å²) in [7, 11) is 1.26. The molecule has 3 heterocycles. The van der Waals surface area contributed by atoms with Crippen molar-refractivity contribution in [3.05, 3.63) is 60.1 Å². The maximum Gasteiger partial charge on any atom is 0.320 e. The van der Waals surface area contributed by atoms with Crippen molar-refractivity contribution < 1.29 is 23.5 Å². The van der Waals surface area contributed by atoms with Gasteiger partial charge in [0, 0.05) is 26.2 Å². The van der Waals surface area contributed by atoms with Crippen LogP contribution in [0.4, 0.5) is 0 Å². The molecule has 1 aromatic carbocycles. The molecule has 2 amide bonds. The highest BCUT2D eigenvalue weighted by atomic mass is 16.5. The molecule has 0 radical (unpaired) electrons. The van der Waals surface area contributed by atoms with Crippen molar-refractivity contribution in [2.75, 3.05) is 33.3 Å². The minimum Gasteiger partial charge on any atom is -0.468 e. The Morgan fingerprint density at radius 2 is 1.83 bits per heavy atom. The number of amides is 2. The number of rotatable bonds is 3. The number of carbonyl (C=O) groups is 3. The van der Waals surface area contributed by atoms with Crippen LogP contribution < -0.4 is 5.32 Å². The van der Waals surface area contributed by atoms with Gasteiger partial charge in [-0.1, -0.05) is 30.3 Å². The van der Waals surface area contributed by atoms with Gasteiger partial charge in [-0.15, -0.1) is 0 Å². The number of nitrogens with one attached hydrogen (secondary N) is 1. The normalized spacial score (nSPS) is 21.6. The molecule has 0 aliphatic carbocycles. The van der Waals surface area contributed by atoms with E-state index in [1.54, 1.807) is 17.0 Å². The summed E-state index contributed by atoms with van der Waals surface area (Å²) in [6.07, 6.45) is 1.47. The summed E-state index contributed by atoms with van der Waals surface area (Å²) in [6.45, 7) is 1.92. The van der Waals surface area contributed by atoms with Gasteiger partial charge in [0.05, 0.1) is 13.4 Å². The summed E-state index contributed by atoms with van der Waals surface area (Å²) in [5.41, 5.74) is 0.756. The SMILES string of the molecule is COC(=O)[C@@H]1C(=O)NC(N2CCN(C(=O)c3ccco3)CC2)=N[C@@H]1c1ccccc1. The van der Waals surface area contributed by atoms with Gasteiger partial charge in [0.1, 0.15) is 6.04 Å². The third kappa shape index (κ3) is 3.78. The Hall–Kier alpha value is -3.62. The van der Waals surface area contributed by atoms with Crippen LogP contribution in [0.5, 0.6) is 0 Å². The van der Waals surface area contributed by atoms with E-state index in [9.17, 15) is 14.4 Å². The summed E-state index contributed by atoms with van der Waals surface area (Å²) < 4.78 is 10.0. The third-order valence-corrected chi connectivity index (χ3v) is 5.29. The lowest BCUT2D eigenvalue weighted by molar-refractivity contribution is -0.151. The van der Waals surface area contributed by atoms with Crippen LogP contribution in [0, 0.1) is 5.92 Å². The second-order valence-electron chi connectivity index (χ2n) is 7.05. The molecule has 0 bridgehead atoms. The first-order valence-electron chi connectivity index (χ1n) is 9.67. The molecule has 156 valence electrons. The molecule has 9 heteroatoms. The van der Waals surface area contributed by atoms with Crippen LogP contribution in [-0.4, -0.2) is 66.8 Å². The number of aliphatic imine (C=N–C) groups is 1. The molecule has 1 fully saturated rings. The van der Waals surface area contributed by atoms with Gasteiger partial charge in [0.15, 0.2) is 11.7 Å². The molecule has 1 aromatic heterocycles. The van der Waals surface area contributed by atoms with E-state index in [2.05, 4.69) is 10.3 Å². The quantitative estimate of drug-likeness (QED) is 0.599. The van der Waals surface area contributed by atoms with Crippen LogP contribution in [0.3, 0.4) is 0 Å². The highest BCUT2D eigenvalue weighted by Gasteiger charge is 2.42. The predicted octanol–water partition coefficient (Wildman–Crippen LogP) is 1.05. The van der Waals surface area contributed by atoms with Crippen LogP contribution in [0.2, 0.25) is 0 Å². The molecular formula is C21H22N4O5. The second kappa shape index (κ2) is 8.40. The number of guanidine groups is 1. The van der Waals surface area contributed by atoms with E-state index in [0.717, 1.165) is 5.56 Å². The summed E-state index contributed by atoms with van der Waals surface area (Å²) in [5.74, 6) is -1.59. The molecule has 0 unspecified atom stereocenters. The average molecular weight is 410 g/mol. The number of nitrogens with zero attached hydrogens (tertiary/aromatic N) is 3. The number of hydrogen-bond acceptors (Lipinski definition) is 7. The number of hydrogen-bond donors (Lipinski definition) is 1. The summed E-state index contributed by atoms with van der Waals surface area (Å²) in [5, 5.41) is 2.74. The zero-order chi connectivity index (χ0) is 21.1. The van der Waals surface area contributed by atoms with Crippen LogP contribution in [0.1, 0.15) is 22.2 Å². The van der Waals surface area contributed by atoms with E-state index in [-0.39, 0.29) is 5.91 Å².